The maximum absolute atomic E-state index is 11.5. The Hall–Kier alpha value is -2.59. The molecule has 1 fully saturated rings. The van der Waals surface area contributed by atoms with Crippen molar-refractivity contribution in [3.63, 3.8) is 0 Å². The molecule has 3 heterocycles. The fourth-order valence-electron chi connectivity index (χ4n) is 2.17. The van der Waals surface area contributed by atoms with Gasteiger partial charge in [0.2, 0.25) is 16.9 Å². The average Bonchev–Trinajstić information content (AvgIpc) is 2.55. The van der Waals surface area contributed by atoms with Crippen LogP contribution in [0.1, 0.15) is 0 Å². The quantitative estimate of drug-likeness (QED) is 0.501. The Labute approximate surface area is 135 Å². The van der Waals surface area contributed by atoms with Crippen LogP contribution in [0.2, 0.25) is 5.28 Å². The molecular formula is C12H12ClN7O3. The molecule has 1 saturated heterocycles. The maximum atomic E-state index is 11.5. The zero-order valence-electron chi connectivity index (χ0n) is 11.8. The summed E-state index contributed by atoms with van der Waals surface area (Å²) in [5.74, 6) is 0.156. The second kappa shape index (κ2) is 6.67. The summed E-state index contributed by atoms with van der Waals surface area (Å²) in [4.78, 5) is 28.4. The van der Waals surface area contributed by atoms with Crippen LogP contribution in [-0.2, 0) is 4.74 Å². The highest BCUT2D eigenvalue weighted by Crippen LogP contribution is 2.35. The molecule has 0 radical (unpaired) electrons. The van der Waals surface area contributed by atoms with E-state index in [1.807, 2.05) is 0 Å². The Morgan fingerprint density at radius 1 is 1.26 bits per heavy atom. The number of hydrogen-bond acceptors (Lipinski definition) is 9. The molecular weight excluding hydrogens is 326 g/mol. The Morgan fingerprint density at radius 2 is 1.96 bits per heavy atom. The van der Waals surface area contributed by atoms with Gasteiger partial charge in [-0.1, -0.05) is 0 Å². The number of morpholine rings is 1. The van der Waals surface area contributed by atoms with Crippen LogP contribution in [0.5, 0.6) is 0 Å². The lowest BCUT2D eigenvalue weighted by molar-refractivity contribution is -0.383. The van der Waals surface area contributed by atoms with E-state index in [0.29, 0.717) is 32.0 Å². The highest BCUT2D eigenvalue weighted by molar-refractivity contribution is 6.28. The minimum absolute atomic E-state index is 0.00806. The molecule has 23 heavy (non-hydrogen) atoms. The fourth-order valence-corrected chi connectivity index (χ4v) is 2.33. The lowest BCUT2D eigenvalue weighted by atomic mass is 10.3. The number of anilines is 3. The lowest BCUT2D eigenvalue weighted by Gasteiger charge is -2.27. The van der Waals surface area contributed by atoms with E-state index in [1.54, 1.807) is 4.90 Å². The largest absolute Gasteiger partial charge is 0.378 e. The summed E-state index contributed by atoms with van der Waals surface area (Å²) in [5, 5.41) is 14.3. The molecule has 10 nitrogen and oxygen atoms in total. The number of halogens is 1. The predicted molar refractivity (Wildman–Crippen MR) is 82.0 cm³/mol. The summed E-state index contributed by atoms with van der Waals surface area (Å²) >= 11 is 5.94. The number of aromatic nitrogens is 4. The third-order valence-corrected chi connectivity index (χ3v) is 3.32. The topological polar surface area (TPSA) is 119 Å². The van der Waals surface area contributed by atoms with Crippen LogP contribution in [0, 0.1) is 10.1 Å². The molecule has 11 heteroatoms. The summed E-state index contributed by atoms with van der Waals surface area (Å²) in [6, 6.07) is 0. The van der Waals surface area contributed by atoms with Gasteiger partial charge in [0, 0.05) is 13.1 Å². The molecule has 1 aliphatic heterocycles. The smallest absolute Gasteiger partial charge is 0.353 e. The van der Waals surface area contributed by atoms with Gasteiger partial charge in [0.25, 0.3) is 0 Å². The van der Waals surface area contributed by atoms with Crippen molar-refractivity contribution in [1.29, 1.82) is 0 Å². The van der Waals surface area contributed by atoms with Gasteiger partial charge in [0.15, 0.2) is 0 Å². The number of nitro groups is 1. The standard InChI is InChI=1S/C12H12ClN7O3/c13-12-17-10(16-8-5-14-7-15-6-8)9(20(21)22)11(18-12)19-1-3-23-4-2-19/h5-7H,1-4H2,(H,16,17,18). The van der Waals surface area contributed by atoms with Gasteiger partial charge in [-0.25, -0.2) is 9.97 Å². The van der Waals surface area contributed by atoms with Crippen molar-refractivity contribution in [2.24, 2.45) is 0 Å². The Balaban J connectivity index is 2.04. The second-order valence-corrected chi connectivity index (χ2v) is 4.96. The van der Waals surface area contributed by atoms with Crippen molar-refractivity contribution in [1.82, 2.24) is 19.9 Å². The van der Waals surface area contributed by atoms with Gasteiger partial charge in [-0.3, -0.25) is 10.1 Å². The molecule has 0 amide bonds. The molecule has 2 aromatic rings. The molecule has 1 aliphatic rings. The van der Waals surface area contributed by atoms with Gasteiger partial charge in [0.1, 0.15) is 6.33 Å². The first-order valence-electron chi connectivity index (χ1n) is 6.72. The van der Waals surface area contributed by atoms with E-state index in [4.69, 9.17) is 16.3 Å². The number of hydrogen-bond donors (Lipinski definition) is 1. The zero-order chi connectivity index (χ0) is 16.2. The number of nitrogens with one attached hydrogen (secondary N) is 1. The highest BCUT2D eigenvalue weighted by Gasteiger charge is 2.29. The Bertz CT molecular complexity index is 709. The SMILES string of the molecule is O=[N+]([O-])c1c(Nc2cncnc2)nc(Cl)nc1N1CCOCC1. The van der Waals surface area contributed by atoms with E-state index >= 15 is 0 Å². The number of rotatable bonds is 4. The summed E-state index contributed by atoms with van der Waals surface area (Å²) in [5.41, 5.74) is 0.207. The van der Waals surface area contributed by atoms with Crippen molar-refractivity contribution in [3.8, 4) is 0 Å². The molecule has 0 bridgehead atoms. The van der Waals surface area contributed by atoms with Crippen LogP contribution in [0.25, 0.3) is 0 Å². The van der Waals surface area contributed by atoms with Gasteiger partial charge in [-0.2, -0.15) is 9.97 Å². The molecule has 0 aromatic carbocycles. The molecule has 2 aromatic heterocycles. The molecule has 0 spiro atoms. The summed E-state index contributed by atoms with van der Waals surface area (Å²) in [6.45, 7) is 1.91. The van der Waals surface area contributed by atoms with Gasteiger partial charge >= 0.3 is 5.69 Å². The van der Waals surface area contributed by atoms with E-state index in [1.165, 1.54) is 18.7 Å². The third-order valence-electron chi connectivity index (χ3n) is 3.15. The first-order chi connectivity index (χ1) is 11.1. The maximum Gasteiger partial charge on any atom is 0.353 e. The van der Waals surface area contributed by atoms with E-state index in [0.717, 1.165) is 0 Å². The summed E-state index contributed by atoms with van der Waals surface area (Å²) < 4.78 is 5.26. The molecule has 3 rings (SSSR count). The van der Waals surface area contributed by atoms with Crippen LogP contribution in [0.15, 0.2) is 18.7 Å². The van der Waals surface area contributed by atoms with Crippen LogP contribution in [-0.4, -0.2) is 51.2 Å². The minimum atomic E-state index is -0.534. The van der Waals surface area contributed by atoms with Gasteiger partial charge < -0.3 is 15.0 Å². The zero-order valence-corrected chi connectivity index (χ0v) is 12.6. The molecule has 0 aliphatic carbocycles. The van der Waals surface area contributed by atoms with E-state index < -0.39 is 4.92 Å². The number of nitrogens with zero attached hydrogens (tertiary/aromatic N) is 6. The average molecular weight is 338 g/mol. The number of ether oxygens (including phenoxy) is 1. The van der Waals surface area contributed by atoms with Gasteiger partial charge in [-0.15, -0.1) is 0 Å². The molecule has 0 atom stereocenters. The predicted octanol–water partition coefficient (Wildman–Crippen LogP) is 1.41. The third kappa shape index (κ3) is 3.43. The summed E-state index contributed by atoms with van der Waals surface area (Å²) in [7, 11) is 0. The Kier molecular flexibility index (Phi) is 4.44. The minimum Gasteiger partial charge on any atom is -0.378 e. The monoisotopic (exact) mass is 337 g/mol. The van der Waals surface area contributed by atoms with Crippen molar-refractivity contribution in [3.05, 3.63) is 34.1 Å². The highest BCUT2D eigenvalue weighted by atomic mass is 35.5. The van der Waals surface area contributed by atoms with Crippen LogP contribution < -0.4 is 10.2 Å². The van der Waals surface area contributed by atoms with Crippen molar-refractivity contribution >= 4 is 34.6 Å². The lowest BCUT2D eigenvalue weighted by Crippen LogP contribution is -2.37. The van der Waals surface area contributed by atoms with E-state index in [9.17, 15) is 10.1 Å². The van der Waals surface area contributed by atoms with Crippen molar-refractivity contribution in [2.75, 3.05) is 36.5 Å². The van der Waals surface area contributed by atoms with Gasteiger partial charge in [0.05, 0.1) is 36.2 Å². The second-order valence-electron chi connectivity index (χ2n) is 4.62. The fraction of sp³-hybridized carbons (Fsp3) is 0.333. The first-order valence-corrected chi connectivity index (χ1v) is 7.09. The van der Waals surface area contributed by atoms with Crippen LogP contribution >= 0.6 is 11.6 Å². The van der Waals surface area contributed by atoms with Crippen LogP contribution in [0.4, 0.5) is 23.0 Å². The van der Waals surface area contributed by atoms with E-state index in [2.05, 4.69) is 25.3 Å². The van der Waals surface area contributed by atoms with Crippen molar-refractivity contribution < 1.29 is 9.66 Å². The van der Waals surface area contributed by atoms with Crippen molar-refractivity contribution in [2.45, 2.75) is 0 Å². The normalized spacial score (nSPS) is 14.6. The molecule has 120 valence electrons. The van der Waals surface area contributed by atoms with Gasteiger partial charge in [-0.05, 0) is 11.6 Å². The molecule has 1 N–H and O–H groups in total. The van der Waals surface area contributed by atoms with E-state index in [-0.39, 0.29) is 22.6 Å². The molecule has 0 unspecified atom stereocenters. The van der Waals surface area contributed by atoms with Crippen LogP contribution in [0.3, 0.4) is 0 Å². The Morgan fingerprint density at radius 3 is 2.61 bits per heavy atom. The summed E-state index contributed by atoms with van der Waals surface area (Å²) in [6.07, 6.45) is 4.30. The molecule has 0 saturated carbocycles. The first kappa shape index (κ1) is 15.3.